The van der Waals surface area contributed by atoms with Crippen LogP contribution in [-0.2, 0) is 11.2 Å². The van der Waals surface area contributed by atoms with E-state index in [-0.39, 0.29) is 11.6 Å². The van der Waals surface area contributed by atoms with Crippen molar-refractivity contribution in [1.29, 1.82) is 0 Å². The van der Waals surface area contributed by atoms with Crippen LogP contribution >= 0.6 is 23.6 Å². The minimum Gasteiger partial charge on any atom is -0.497 e. The quantitative estimate of drug-likeness (QED) is 0.590. The predicted molar refractivity (Wildman–Crippen MR) is 87.6 cm³/mol. The number of hydrogen-bond donors (Lipinski definition) is 4. The number of aromatic amines is 1. The van der Waals surface area contributed by atoms with Gasteiger partial charge in [-0.3, -0.25) is 10.4 Å². The second-order valence-corrected chi connectivity index (χ2v) is 6.13. The van der Waals surface area contributed by atoms with Gasteiger partial charge in [-0.05, 0) is 29.9 Å². The van der Waals surface area contributed by atoms with Gasteiger partial charge in [0.25, 0.3) is 0 Å². The number of benzene rings is 1. The second kappa shape index (κ2) is 7.70. The van der Waals surface area contributed by atoms with E-state index in [0.29, 0.717) is 9.70 Å². The molecule has 23 heavy (non-hydrogen) atoms. The lowest BCUT2D eigenvalue weighted by molar-refractivity contribution is -0.139. The number of nitrogens with one attached hydrogen (secondary N) is 3. The standard InChI is InChI=1S/C13H14N4O4S2/c1-21-8-4-2-7(3-5-8)6-9(10(18)19)14-11(20)15-12-16-17-13(22)23-12/h2-5,9H,6H2,1H3,(H,17,22)(H,18,19)(H2,14,15,16,20)/t9-/m0/s1. The monoisotopic (exact) mass is 354 g/mol. The van der Waals surface area contributed by atoms with Crippen molar-refractivity contribution in [3.05, 3.63) is 33.8 Å². The third-order valence-corrected chi connectivity index (χ3v) is 3.87. The zero-order valence-corrected chi connectivity index (χ0v) is 13.7. The van der Waals surface area contributed by atoms with Crippen LogP contribution in [0.15, 0.2) is 24.3 Å². The molecular weight excluding hydrogens is 340 g/mol. The molecular formula is C13H14N4O4S2. The number of nitrogens with zero attached hydrogens (tertiary/aromatic N) is 1. The van der Waals surface area contributed by atoms with Crippen LogP contribution < -0.4 is 15.4 Å². The van der Waals surface area contributed by atoms with Crippen LogP contribution in [0, 0.1) is 3.95 Å². The van der Waals surface area contributed by atoms with Gasteiger partial charge in [-0.15, -0.1) is 5.10 Å². The molecule has 1 heterocycles. The van der Waals surface area contributed by atoms with Crippen molar-refractivity contribution in [1.82, 2.24) is 15.5 Å². The van der Waals surface area contributed by atoms with Gasteiger partial charge in [0.05, 0.1) is 7.11 Å². The fourth-order valence-electron chi connectivity index (χ4n) is 1.77. The smallest absolute Gasteiger partial charge is 0.326 e. The van der Waals surface area contributed by atoms with Crippen LogP contribution in [0.1, 0.15) is 5.56 Å². The highest BCUT2D eigenvalue weighted by atomic mass is 32.1. The van der Waals surface area contributed by atoms with Gasteiger partial charge >= 0.3 is 12.0 Å². The number of H-pyrrole nitrogens is 1. The van der Waals surface area contributed by atoms with E-state index >= 15 is 0 Å². The highest BCUT2D eigenvalue weighted by Gasteiger charge is 2.21. The molecule has 1 atom stereocenters. The highest BCUT2D eigenvalue weighted by Crippen LogP contribution is 2.13. The summed E-state index contributed by atoms with van der Waals surface area (Å²) in [6, 6.07) is 5.20. The molecule has 0 saturated carbocycles. The fourth-order valence-corrected chi connectivity index (χ4v) is 2.56. The van der Waals surface area contributed by atoms with E-state index in [4.69, 9.17) is 17.0 Å². The largest absolute Gasteiger partial charge is 0.497 e. The molecule has 0 aliphatic heterocycles. The minimum atomic E-state index is -1.13. The summed E-state index contributed by atoms with van der Waals surface area (Å²) < 4.78 is 5.45. The van der Waals surface area contributed by atoms with E-state index in [1.807, 2.05) is 0 Å². The number of ether oxygens (including phenoxy) is 1. The number of anilines is 1. The van der Waals surface area contributed by atoms with Gasteiger partial charge in [0.15, 0.2) is 3.95 Å². The molecule has 0 aliphatic carbocycles. The number of carbonyl (C=O) groups excluding carboxylic acids is 1. The van der Waals surface area contributed by atoms with Gasteiger partial charge in [-0.2, -0.15) is 0 Å². The van der Waals surface area contributed by atoms with Crippen molar-refractivity contribution >= 4 is 40.7 Å². The Kier molecular flexibility index (Phi) is 5.66. The highest BCUT2D eigenvalue weighted by molar-refractivity contribution is 7.73. The summed E-state index contributed by atoms with van der Waals surface area (Å²) in [6.45, 7) is 0. The molecule has 0 spiro atoms. The Morgan fingerprint density at radius 1 is 1.43 bits per heavy atom. The molecule has 1 aromatic carbocycles. The van der Waals surface area contributed by atoms with Crippen LogP contribution in [-0.4, -0.2) is 40.5 Å². The first-order valence-corrected chi connectivity index (χ1v) is 7.69. The Labute approximate surface area is 140 Å². The van der Waals surface area contributed by atoms with E-state index in [1.165, 1.54) is 0 Å². The van der Waals surface area contributed by atoms with Gasteiger partial charge < -0.3 is 15.2 Å². The molecule has 4 N–H and O–H groups in total. The van der Waals surface area contributed by atoms with Gasteiger partial charge in [0, 0.05) is 6.42 Å². The van der Waals surface area contributed by atoms with E-state index in [1.54, 1.807) is 31.4 Å². The normalized spacial score (nSPS) is 11.5. The molecule has 2 rings (SSSR count). The lowest BCUT2D eigenvalue weighted by Crippen LogP contribution is -2.44. The van der Waals surface area contributed by atoms with E-state index in [2.05, 4.69) is 20.8 Å². The molecule has 8 nitrogen and oxygen atoms in total. The molecule has 122 valence electrons. The fraction of sp³-hybridized carbons (Fsp3) is 0.231. The SMILES string of the molecule is COc1ccc(C[C@H](NC(=O)Nc2n[nH]c(=S)s2)C(=O)O)cc1. The number of carboxylic acids is 1. The van der Waals surface area contributed by atoms with E-state index < -0.39 is 18.0 Å². The van der Waals surface area contributed by atoms with Crippen LogP contribution in [0.25, 0.3) is 0 Å². The van der Waals surface area contributed by atoms with Crippen LogP contribution in [0.3, 0.4) is 0 Å². The molecule has 0 unspecified atom stereocenters. The molecule has 0 saturated heterocycles. The summed E-state index contributed by atoms with van der Waals surface area (Å²) in [4.78, 5) is 23.2. The predicted octanol–water partition coefficient (Wildman–Crippen LogP) is 2.03. The molecule has 0 bridgehead atoms. The lowest BCUT2D eigenvalue weighted by atomic mass is 10.1. The number of carboxylic acid groups (broad SMARTS) is 1. The Morgan fingerprint density at radius 3 is 2.65 bits per heavy atom. The number of aromatic nitrogens is 2. The second-order valence-electron chi connectivity index (χ2n) is 4.46. The zero-order valence-electron chi connectivity index (χ0n) is 12.0. The topological polar surface area (TPSA) is 116 Å². The first kappa shape index (κ1) is 16.9. The minimum absolute atomic E-state index is 0.142. The van der Waals surface area contributed by atoms with E-state index in [9.17, 15) is 14.7 Å². The summed E-state index contributed by atoms with van der Waals surface area (Å²) in [6.07, 6.45) is 0.142. The first-order valence-electron chi connectivity index (χ1n) is 6.46. The molecule has 2 amide bonds. The average molecular weight is 354 g/mol. The number of urea groups is 1. The average Bonchev–Trinajstić information content (AvgIpc) is 2.92. The number of aliphatic carboxylic acids is 1. The Morgan fingerprint density at radius 2 is 2.13 bits per heavy atom. The lowest BCUT2D eigenvalue weighted by Gasteiger charge is -2.14. The third-order valence-electron chi connectivity index (χ3n) is 2.86. The van der Waals surface area contributed by atoms with Crippen molar-refractivity contribution in [3.63, 3.8) is 0 Å². The van der Waals surface area contributed by atoms with Crippen molar-refractivity contribution in [3.8, 4) is 5.75 Å². The molecule has 0 aliphatic rings. The van der Waals surface area contributed by atoms with Crippen LogP contribution in [0.2, 0.25) is 0 Å². The maximum absolute atomic E-state index is 11.8. The van der Waals surface area contributed by atoms with Gasteiger partial charge in [0.2, 0.25) is 5.13 Å². The summed E-state index contributed by atoms with van der Waals surface area (Å²) in [5.74, 6) is -0.461. The van der Waals surface area contributed by atoms with Crippen molar-refractivity contribution < 1.29 is 19.4 Å². The van der Waals surface area contributed by atoms with Crippen LogP contribution in [0.4, 0.5) is 9.93 Å². The Balaban J connectivity index is 1.98. The van der Waals surface area contributed by atoms with Crippen molar-refractivity contribution in [2.45, 2.75) is 12.5 Å². The number of rotatable bonds is 6. The molecule has 1 aromatic heterocycles. The maximum Gasteiger partial charge on any atom is 0.326 e. The Hall–Kier alpha value is -2.46. The number of hydrogen-bond acceptors (Lipinski definition) is 6. The number of amides is 2. The summed E-state index contributed by atoms with van der Waals surface area (Å²) >= 11 is 5.92. The van der Waals surface area contributed by atoms with Crippen molar-refractivity contribution in [2.24, 2.45) is 0 Å². The van der Waals surface area contributed by atoms with Gasteiger partial charge in [0.1, 0.15) is 11.8 Å². The zero-order chi connectivity index (χ0) is 16.8. The molecule has 0 fully saturated rings. The van der Waals surface area contributed by atoms with Gasteiger partial charge in [-0.1, -0.05) is 23.5 Å². The summed E-state index contributed by atoms with van der Waals surface area (Å²) in [5, 5.41) is 20.6. The summed E-state index contributed by atoms with van der Waals surface area (Å²) in [5.41, 5.74) is 0.758. The third kappa shape index (κ3) is 5.04. The number of carbonyl (C=O) groups is 2. The maximum atomic E-state index is 11.8. The Bertz CT molecular complexity index is 741. The van der Waals surface area contributed by atoms with Crippen LogP contribution in [0.5, 0.6) is 5.75 Å². The molecule has 10 heteroatoms. The number of methoxy groups -OCH3 is 1. The van der Waals surface area contributed by atoms with E-state index in [0.717, 1.165) is 16.9 Å². The molecule has 0 radical (unpaired) electrons. The molecule has 2 aromatic rings. The summed E-state index contributed by atoms with van der Waals surface area (Å²) in [7, 11) is 1.55. The van der Waals surface area contributed by atoms with Gasteiger partial charge in [-0.25, -0.2) is 9.59 Å². The van der Waals surface area contributed by atoms with Crippen molar-refractivity contribution in [2.75, 3.05) is 12.4 Å². The first-order chi connectivity index (χ1) is 11.0.